The molecule has 0 amide bonds. The Balaban J connectivity index is 2.41. The van der Waals surface area contributed by atoms with Gasteiger partial charge >= 0.3 is 0 Å². The van der Waals surface area contributed by atoms with Crippen LogP contribution in [-0.4, -0.2) is 13.4 Å². The molecule has 104 valence electrons. The van der Waals surface area contributed by atoms with Gasteiger partial charge in [0.15, 0.2) is 0 Å². The molecule has 0 bridgehead atoms. The van der Waals surface area contributed by atoms with Gasteiger partial charge in [-0.1, -0.05) is 30.4 Å². The fourth-order valence-corrected chi connectivity index (χ4v) is 3.21. The highest BCUT2D eigenvalue weighted by Gasteiger charge is 2.16. The minimum absolute atomic E-state index is 0.207. The van der Waals surface area contributed by atoms with E-state index in [-0.39, 0.29) is 4.90 Å². The monoisotopic (exact) mass is 352 g/mol. The van der Waals surface area contributed by atoms with Crippen LogP contribution >= 0.6 is 15.9 Å². The lowest BCUT2D eigenvalue weighted by molar-refractivity contribution is 0.601. The highest BCUT2D eigenvalue weighted by atomic mass is 79.9. The molecule has 0 spiro atoms. The van der Waals surface area contributed by atoms with Crippen LogP contribution in [0.15, 0.2) is 52.6 Å². The van der Waals surface area contributed by atoms with Crippen LogP contribution in [0.4, 0.5) is 5.69 Å². The van der Waals surface area contributed by atoms with Crippen LogP contribution in [0.3, 0.4) is 0 Å². The summed E-state index contributed by atoms with van der Waals surface area (Å²) in [5.41, 5.74) is 2.03. The first kappa shape index (κ1) is 14.7. The van der Waals surface area contributed by atoms with Gasteiger partial charge in [0.05, 0.1) is 16.8 Å². The number of hydrogen-bond acceptors (Lipinski definition) is 3. The molecule has 0 aliphatic heterocycles. The normalized spacial score (nSPS) is 11.1. The molecule has 6 heteroatoms. The van der Waals surface area contributed by atoms with E-state index in [1.54, 1.807) is 36.5 Å². The predicted molar refractivity (Wildman–Crippen MR) is 84.0 cm³/mol. The van der Waals surface area contributed by atoms with Crippen LogP contribution < -0.4 is 4.72 Å². The van der Waals surface area contributed by atoms with Crippen molar-refractivity contribution in [1.82, 2.24) is 4.98 Å². The van der Waals surface area contributed by atoms with Gasteiger partial charge in [0.2, 0.25) is 0 Å². The van der Waals surface area contributed by atoms with Gasteiger partial charge in [-0.2, -0.15) is 0 Å². The first-order valence-corrected chi connectivity index (χ1v) is 8.07. The average molecular weight is 353 g/mol. The largest absolute Gasteiger partial charge is 0.277 e. The first-order chi connectivity index (χ1) is 9.44. The van der Waals surface area contributed by atoms with E-state index in [2.05, 4.69) is 32.2 Å². The molecule has 0 aliphatic carbocycles. The number of sulfonamides is 1. The summed E-state index contributed by atoms with van der Waals surface area (Å²) in [6.45, 7) is 5.57. The van der Waals surface area contributed by atoms with Gasteiger partial charge in [-0.15, -0.1) is 0 Å². The maximum Gasteiger partial charge on any atom is 0.261 e. The number of nitrogens with zero attached hydrogens (tertiary/aromatic N) is 1. The number of pyridine rings is 1. The van der Waals surface area contributed by atoms with Gasteiger partial charge in [0.25, 0.3) is 10.0 Å². The van der Waals surface area contributed by atoms with Crippen LogP contribution in [0.1, 0.15) is 11.1 Å². The van der Waals surface area contributed by atoms with E-state index >= 15 is 0 Å². The summed E-state index contributed by atoms with van der Waals surface area (Å²) in [6, 6.07) is 6.64. The lowest BCUT2D eigenvalue weighted by Crippen LogP contribution is -2.14. The van der Waals surface area contributed by atoms with Gasteiger partial charge in [0.1, 0.15) is 0 Å². The average Bonchev–Trinajstić information content (AvgIpc) is 2.39. The minimum atomic E-state index is -3.64. The molecule has 4 nitrogen and oxygen atoms in total. The summed E-state index contributed by atoms with van der Waals surface area (Å²) >= 11 is 3.31. The van der Waals surface area contributed by atoms with E-state index in [1.807, 2.05) is 6.92 Å². The predicted octanol–water partition coefficient (Wildman–Crippen LogP) is 3.60. The third-order valence-electron chi connectivity index (χ3n) is 2.72. The standard InChI is InChI=1S/C14H13BrN2O2S/c1-3-12-13(15)8-16-9-14(12)17-20(18,19)11-6-4-10(2)5-7-11/h3-9,17H,1H2,2H3. The van der Waals surface area contributed by atoms with Gasteiger partial charge in [0, 0.05) is 16.2 Å². The van der Waals surface area contributed by atoms with Crippen LogP contribution in [0.5, 0.6) is 0 Å². The van der Waals surface area contributed by atoms with Crippen molar-refractivity contribution >= 4 is 37.7 Å². The Morgan fingerprint density at radius 2 is 1.90 bits per heavy atom. The summed E-state index contributed by atoms with van der Waals surface area (Å²) < 4.78 is 27.8. The van der Waals surface area contributed by atoms with Crippen molar-refractivity contribution in [2.24, 2.45) is 0 Å². The maximum absolute atomic E-state index is 12.3. The van der Waals surface area contributed by atoms with Crippen molar-refractivity contribution in [3.05, 3.63) is 58.8 Å². The minimum Gasteiger partial charge on any atom is -0.277 e. The number of hydrogen-bond donors (Lipinski definition) is 1. The van der Waals surface area contributed by atoms with Crippen molar-refractivity contribution in [3.63, 3.8) is 0 Å². The Morgan fingerprint density at radius 1 is 1.25 bits per heavy atom. The molecule has 0 saturated carbocycles. The second-order valence-corrected chi connectivity index (χ2v) is 6.74. The fourth-order valence-electron chi connectivity index (χ4n) is 1.65. The van der Waals surface area contributed by atoms with E-state index in [0.717, 1.165) is 5.56 Å². The van der Waals surface area contributed by atoms with E-state index in [4.69, 9.17) is 0 Å². The molecular formula is C14H13BrN2O2S. The van der Waals surface area contributed by atoms with Crippen molar-refractivity contribution in [2.45, 2.75) is 11.8 Å². The summed E-state index contributed by atoms with van der Waals surface area (Å²) in [4.78, 5) is 4.17. The van der Waals surface area contributed by atoms with Crippen molar-refractivity contribution in [1.29, 1.82) is 0 Å². The molecule has 2 rings (SSSR count). The zero-order valence-electron chi connectivity index (χ0n) is 10.8. The molecule has 1 aromatic carbocycles. The van der Waals surface area contributed by atoms with Crippen LogP contribution in [0.25, 0.3) is 6.08 Å². The lowest BCUT2D eigenvalue weighted by atomic mass is 10.2. The molecule has 0 radical (unpaired) electrons. The third-order valence-corrected chi connectivity index (χ3v) is 4.73. The van der Waals surface area contributed by atoms with E-state index < -0.39 is 10.0 Å². The number of nitrogens with one attached hydrogen (secondary N) is 1. The molecule has 0 atom stereocenters. The number of anilines is 1. The van der Waals surface area contributed by atoms with Crippen molar-refractivity contribution in [2.75, 3.05) is 4.72 Å². The molecule has 2 aromatic rings. The highest BCUT2D eigenvalue weighted by molar-refractivity contribution is 9.10. The second-order valence-electron chi connectivity index (χ2n) is 4.21. The molecule has 0 unspecified atom stereocenters. The topological polar surface area (TPSA) is 59.1 Å². The SMILES string of the molecule is C=Cc1c(Br)cncc1NS(=O)(=O)c1ccc(C)cc1. The van der Waals surface area contributed by atoms with Crippen LogP contribution in [-0.2, 0) is 10.0 Å². The Bertz CT molecular complexity index is 740. The number of rotatable bonds is 4. The van der Waals surface area contributed by atoms with Crippen molar-refractivity contribution in [3.8, 4) is 0 Å². The summed E-state index contributed by atoms with van der Waals surface area (Å²) in [6.07, 6.45) is 4.60. The zero-order valence-corrected chi connectivity index (χ0v) is 13.2. The maximum atomic E-state index is 12.3. The Kier molecular flexibility index (Phi) is 4.25. The third kappa shape index (κ3) is 3.08. The number of aromatic nitrogens is 1. The van der Waals surface area contributed by atoms with Crippen molar-refractivity contribution < 1.29 is 8.42 Å². The van der Waals surface area contributed by atoms with Gasteiger partial charge in [-0.25, -0.2) is 8.42 Å². The summed E-state index contributed by atoms with van der Waals surface area (Å²) in [7, 11) is -3.64. The first-order valence-electron chi connectivity index (χ1n) is 5.79. The van der Waals surface area contributed by atoms with Crippen LogP contribution in [0.2, 0.25) is 0 Å². The van der Waals surface area contributed by atoms with Gasteiger partial charge < -0.3 is 0 Å². The molecule has 20 heavy (non-hydrogen) atoms. The van der Waals surface area contributed by atoms with Gasteiger partial charge in [-0.05, 0) is 35.0 Å². The lowest BCUT2D eigenvalue weighted by Gasteiger charge is -2.11. The highest BCUT2D eigenvalue weighted by Crippen LogP contribution is 2.26. The smallest absolute Gasteiger partial charge is 0.261 e. The molecular weight excluding hydrogens is 340 g/mol. The fraction of sp³-hybridized carbons (Fsp3) is 0.0714. The number of halogens is 1. The molecule has 1 N–H and O–H groups in total. The number of benzene rings is 1. The molecule has 0 saturated heterocycles. The Hall–Kier alpha value is -1.66. The zero-order chi connectivity index (χ0) is 14.8. The second kappa shape index (κ2) is 5.76. The van der Waals surface area contributed by atoms with E-state index in [9.17, 15) is 8.42 Å². The van der Waals surface area contributed by atoms with E-state index in [0.29, 0.717) is 15.7 Å². The van der Waals surface area contributed by atoms with E-state index in [1.165, 1.54) is 6.20 Å². The molecule has 1 heterocycles. The van der Waals surface area contributed by atoms with Gasteiger partial charge in [-0.3, -0.25) is 9.71 Å². The Labute approximate surface area is 126 Å². The van der Waals surface area contributed by atoms with Crippen LogP contribution in [0, 0.1) is 6.92 Å². The summed E-state index contributed by atoms with van der Waals surface area (Å²) in [5, 5.41) is 0. The molecule has 0 fully saturated rings. The number of aryl methyl sites for hydroxylation is 1. The Morgan fingerprint density at radius 3 is 2.50 bits per heavy atom. The molecule has 1 aromatic heterocycles. The quantitative estimate of drug-likeness (QED) is 0.914. The summed E-state index contributed by atoms with van der Waals surface area (Å²) in [5.74, 6) is 0. The molecule has 0 aliphatic rings.